The van der Waals surface area contributed by atoms with Gasteiger partial charge in [-0.2, -0.15) is 0 Å². The maximum absolute atomic E-state index is 6.46. The molecule has 0 radical (unpaired) electrons. The second-order valence-corrected chi connectivity index (χ2v) is 6.16. The lowest BCUT2D eigenvalue weighted by atomic mass is 9.87. The molecule has 5 heteroatoms. The molecule has 1 aliphatic heterocycles. The summed E-state index contributed by atoms with van der Waals surface area (Å²) in [6, 6.07) is 16.1. The van der Waals surface area contributed by atoms with E-state index in [0.29, 0.717) is 12.5 Å². The number of rotatable bonds is 6. The van der Waals surface area contributed by atoms with E-state index in [1.807, 2.05) is 48.5 Å². The molecular weight excluding hydrogens is 338 g/mol. The molecule has 2 aromatic carbocycles. The van der Waals surface area contributed by atoms with Gasteiger partial charge in [0, 0.05) is 19.3 Å². The fourth-order valence-electron chi connectivity index (χ4n) is 3.09. The summed E-state index contributed by atoms with van der Waals surface area (Å²) in [6.45, 7) is 2.12. The van der Waals surface area contributed by atoms with Crippen LogP contribution in [0.3, 0.4) is 0 Å². The maximum Gasteiger partial charge on any atom is 0.161 e. The summed E-state index contributed by atoms with van der Waals surface area (Å²) in [5, 5.41) is 0. The van der Waals surface area contributed by atoms with E-state index in [9.17, 15) is 0 Å². The molecule has 0 aliphatic carbocycles. The van der Waals surface area contributed by atoms with Crippen molar-refractivity contribution < 1.29 is 14.2 Å². The summed E-state index contributed by atoms with van der Waals surface area (Å²) in [5.74, 6) is 1.93. The van der Waals surface area contributed by atoms with Gasteiger partial charge in [-0.1, -0.05) is 36.4 Å². The number of methoxy groups -OCH3 is 1. The molecule has 2 N–H and O–H groups in total. The fourth-order valence-corrected chi connectivity index (χ4v) is 3.09. The summed E-state index contributed by atoms with van der Waals surface area (Å²) >= 11 is 0. The van der Waals surface area contributed by atoms with Crippen LogP contribution in [0, 0.1) is 5.92 Å². The summed E-state index contributed by atoms with van der Waals surface area (Å²) in [4.78, 5) is 0. The molecule has 0 saturated carbocycles. The highest BCUT2D eigenvalue weighted by atomic mass is 35.5. The molecule has 3 rings (SSSR count). The third-order valence-corrected chi connectivity index (χ3v) is 4.58. The van der Waals surface area contributed by atoms with Crippen molar-refractivity contribution in [1.82, 2.24) is 0 Å². The lowest BCUT2D eigenvalue weighted by Crippen LogP contribution is -2.27. The van der Waals surface area contributed by atoms with Crippen LogP contribution in [0.15, 0.2) is 48.5 Å². The molecule has 1 atom stereocenters. The Morgan fingerprint density at radius 2 is 1.80 bits per heavy atom. The zero-order valence-corrected chi connectivity index (χ0v) is 15.3. The molecule has 0 spiro atoms. The van der Waals surface area contributed by atoms with Crippen molar-refractivity contribution >= 4 is 12.4 Å². The predicted octanol–water partition coefficient (Wildman–Crippen LogP) is 4.12. The second kappa shape index (κ2) is 9.66. The average Bonchev–Trinajstić information content (AvgIpc) is 2.67. The third-order valence-electron chi connectivity index (χ3n) is 4.58. The topological polar surface area (TPSA) is 53.7 Å². The highest BCUT2D eigenvalue weighted by Crippen LogP contribution is 2.34. The smallest absolute Gasteiger partial charge is 0.161 e. The van der Waals surface area contributed by atoms with Crippen molar-refractivity contribution in [2.75, 3.05) is 20.3 Å². The Hall–Kier alpha value is -1.75. The minimum absolute atomic E-state index is 0. The monoisotopic (exact) mass is 363 g/mol. The molecule has 25 heavy (non-hydrogen) atoms. The molecule has 0 amide bonds. The van der Waals surface area contributed by atoms with E-state index in [1.54, 1.807) is 7.11 Å². The third kappa shape index (κ3) is 5.11. The van der Waals surface area contributed by atoms with Gasteiger partial charge in [0.2, 0.25) is 0 Å². The minimum Gasteiger partial charge on any atom is -0.493 e. The molecule has 0 unspecified atom stereocenters. The van der Waals surface area contributed by atoms with Crippen molar-refractivity contribution in [2.45, 2.75) is 25.5 Å². The van der Waals surface area contributed by atoms with E-state index in [0.717, 1.165) is 48.7 Å². The van der Waals surface area contributed by atoms with Gasteiger partial charge in [0.1, 0.15) is 6.61 Å². The summed E-state index contributed by atoms with van der Waals surface area (Å²) in [6.07, 6.45) is 2.02. The first-order chi connectivity index (χ1) is 11.8. The number of hydrogen-bond donors (Lipinski definition) is 1. The van der Waals surface area contributed by atoms with E-state index in [-0.39, 0.29) is 18.4 Å². The fraction of sp³-hybridized carbons (Fsp3) is 0.400. The van der Waals surface area contributed by atoms with Crippen LogP contribution in [-0.2, 0) is 11.3 Å². The van der Waals surface area contributed by atoms with E-state index < -0.39 is 0 Å². The largest absolute Gasteiger partial charge is 0.493 e. The van der Waals surface area contributed by atoms with Crippen molar-refractivity contribution in [3.05, 3.63) is 59.7 Å². The summed E-state index contributed by atoms with van der Waals surface area (Å²) < 4.78 is 16.8. The van der Waals surface area contributed by atoms with Crippen LogP contribution >= 0.6 is 12.4 Å². The molecule has 1 heterocycles. The Bertz CT molecular complexity index is 645. The van der Waals surface area contributed by atoms with Gasteiger partial charge in [-0.3, -0.25) is 0 Å². The highest BCUT2D eigenvalue weighted by molar-refractivity contribution is 5.85. The van der Waals surface area contributed by atoms with Crippen LogP contribution < -0.4 is 15.2 Å². The van der Waals surface area contributed by atoms with Crippen molar-refractivity contribution in [2.24, 2.45) is 11.7 Å². The zero-order chi connectivity index (χ0) is 16.8. The van der Waals surface area contributed by atoms with Gasteiger partial charge < -0.3 is 19.9 Å². The van der Waals surface area contributed by atoms with Crippen LogP contribution in [0.25, 0.3) is 0 Å². The first-order valence-corrected chi connectivity index (χ1v) is 8.46. The molecule has 1 aliphatic rings. The van der Waals surface area contributed by atoms with E-state index in [2.05, 4.69) is 0 Å². The van der Waals surface area contributed by atoms with Gasteiger partial charge in [0.25, 0.3) is 0 Å². The number of benzene rings is 2. The molecule has 4 nitrogen and oxygen atoms in total. The van der Waals surface area contributed by atoms with Crippen LogP contribution in [0.4, 0.5) is 0 Å². The van der Waals surface area contributed by atoms with Gasteiger partial charge >= 0.3 is 0 Å². The molecule has 2 aromatic rings. The first-order valence-electron chi connectivity index (χ1n) is 8.46. The van der Waals surface area contributed by atoms with Crippen molar-refractivity contribution in [1.29, 1.82) is 0 Å². The highest BCUT2D eigenvalue weighted by Gasteiger charge is 2.23. The summed E-state index contributed by atoms with van der Waals surface area (Å²) in [7, 11) is 1.66. The number of ether oxygens (including phenoxy) is 3. The SMILES string of the molecule is COc1cc([C@@H](N)C2CCOCC2)ccc1OCc1ccccc1.Cl. The van der Waals surface area contributed by atoms with E-state index >= 15 is 0 Å². The Morgan fingerprint density at radius 3 is 2.48 bits per heavy atom. The normalized spacial score (nSPS) is 15.9. The second-order valence-electron chi connectivity index (χ2n) is 6.16. The van der Waals surface area contributed by atoms with Gasteiger partial charge in [-0.05, 0) is 42.0 Å². The van der Waals surface area contributed by atoms with Gasteiger partial charge in [-0.15, -0.1) is 12.4 Å². The number of nitrogens with two attached hydrogens (primary N) is 1. The Morgan fingerprint density at radius 1 is 1.08 bits per heavy atom. The molecule has 0 aromatic heterocycles. The molecule has 136 valence electrons. The lowest BCUT2D eigenvalue weighted by molar-refractivity contribution is 0.0583. The zero-order valence-electron chi connectivity index (χ0n) is 14.5. The summed E-state index contributed by atoms with van der Waals surface area (Å²) in [5.41, 5.74) is 8.67. The van der Waals surface area contributed by atoms with Crippen LogP contribution in [0.2, 0.25) is 0 Å². The van der Waals surface area contributed by atoms with E-state index in [4.69, 9.17) is 19.9 Å². The molecular formula is C20H26ClNO3. The lowest BCUT2D eigenvalue weighted by Gasteiger charge is -2.28. The Kier molecular flexibility index (Phi) is 7.56. The van der Waals surface area contributed by atoms with Crippen molar-refractivity contribution in [3.63, 3.8) is 0 Å². The van der Waals surface area contributed by atoms with Gasteiger partial charge in [-0.25, -0.2) is 0 Å². The molecule has 1 saturated heterocycles. The number of halogens is 1. The Labute approximate surface area is 155 Å². The van der Waals surface area contributed by atoms with Gasteiger partial charge in [0.15, 0.2) is 11.5 Å². The van der Waals surface area contributed by atoms with Crippen LogP contribution in [0.5, 0.6) is 11.5 Å². The maximum atomic E-state index is 6.46. The van der Waals surface area contributed by atoms with Crippen LogP contribution in [0.1, 0.15) is 30.0 Å². The standard InChI is InChI=1S/C20H25NO3.ClH/c1-22-19-13-17(20(21)16-9-11-23-12-10-16)7-8-18(19)24-14-15-5-3-2-4-6-15;/h2-8,13,16,20H,9-12,14,21H2,1H3;1H/t20-;/m0./s1. The predicted molar refractivity (Wildman–Crippen MR) is 101 cm³/mol. The minimum atomic E-state index is 0. The van der Waals surface area contributed by atoms with E-state index in [1.165, 1.54) is 0 Å². The first kappa shape index (κ1) is 19.6. The molecule has 0 bridgehead atoms. The average molecular weight is 364 g/mol. The molecule has 1 fully saturated rings. The number of hydrogen-bond acceptors (Lipinski definition) is 4. The quantitative estimate of drug-likeness (QED) is 0.838. The Balaban J connectivity index is 0.00000225. The van der Waals surface area contributed by atoms with Crippen LogP contribution in [-0.4, -0.2) is 20.3 Å². The van der Waals surface area contributed by atoms with Gasteiger partial charge in [0.05, 0.1) is 7.11 Å². The van der Waals surface area contributed by atoms with Crippen molar-refractivity contribution in [3.8, 4) is 11.5 Å².